The lowest BCUT2D eigenvalue weighted by Gasteiger charge is -2.26. The van der Waals surface area contributed by atoms with Gasteiger partial charge in [0.05, 0.1) is 24.7 Å². The van der Waals surface area contributed by atoms with Crippen molar-refractivity contribution in [2.24, 2.45) is 0 Å². The monoisotopic (exact) mass is 302 g/mol. The van der Waals surface area contributed by atoms with Gasteiger partial charge in [-0.25, -0.2) is 0 Å². The van der Waals surface area contributed by atoms with Gasteiger partial charge in [0, 0.05) is 19.5 Å². The topological polar surface area (TPSA) is 73.6 Å². The molecule has 0 aromatic heterocycles. The maximum absolute atomic E-state index is 11.9. The summed E-state index contributed by atoms with van der Waals surface area (Å²) >= 11 is 0. The van der Waals surface area contributed by atoms with Crippen molar-refractivity contribution in [2.45, 2.75) is 44.4 Å². The molecule has 1 aliphatic rings. The van der Waals surface area contributed by atoms with E-state index in [-0.39, 0.29) is 5.97 Å². The third-order valence-corrected chi connectivity index (χ3v) is 4.20. The first-order chi connectivity index (χ1) is 10.4. The summed E-state index contributed by atoms with van der Waals surface area (Å²) in [5, 5.41) is 19.2. The Morgan fingerprint density at radius 3 is 2.82 bits per heavy atom. The fraction of sp³-hybridized carbons (Fsp3) is 0.529. The SMILES string of the molecule is COC(=O)[C@H]1C[C@@H](O)CN1Cc1ccccc1C(C)(C)C#N. The molecule has 0 bridgehead atoms. The van der Waals surface area contributed by atoms with Gasteiger partial charge in [-0.2, -0.15) is 5.26 Å². The van der Waals surface area contributed by atoms with E-state index in [0.717, 1.165) is 11.1 Å². The predicted molar refractivity (Wildman–Crippen MR) is 81.9 cm³/mol. The first kappa shape index (κ1) is 16.5. The van der Waals surface area contributed by atoms with Gasteiger partial charge in [0.1, 0.15) is 6.04 Å². The van der Waals surface area contributed by atoms with Crippen LogP contribution in [0.5, 0.6) is 0 Å². The van der Waals surface area contributed by atoms with E-state index in [1.54, 1.807) is 0 Å². The summed E-state index contributed by atoms with van der Waals surface area (Å²) in [6, 6.07) is 9.63. The molecule has 0 radical (unpaired) electrons. The summed E-state index contributed by atoms with van der Waals surface area (Å²) in [6.07, 6.45) is -0.142. The Balaban J connectivity index is 2.27. The summed E-state index contributed by atoms with van der Waals surface area (Å²) in [4.78, 5) is 13.8. The quantitative estimate of drug-likeness (QED) is 0.855. The van der Waals surface area contributed by atoms with Gasteiger partial charge < -0.3 is 9.84 Å². The lowest BCUT2D eigenvalue weighted by Crippen LogP contribution is -2.37. The highest BCUT2D eigenvalue weighted by atomic mass is 16.5. The summed E-state index contributed by atoms with van der Waals surface area (Å²) in [5.74, 6) is -0.325. The second kappa shape index (κ2) is 6.47. The zero-order chi connectivity index (χ0) is 16.3. The lowest BCUT2D eigenvalue weighted by atomic mass is 9.83. The van der Waals surface area contributed by atoms with Crippen LogP contribution in [0.15, 0.2) is 24.3 Å². The summed E-state index contributed by atoms with van der Waals surface area (Å²) in [7, 11) is 1.36. The van der Waals surface area contributed by atoms with E-state index < -0.39 is 17.6 Å². The largest absolute Gasteiger partial charge is 0.468 e. The molecule has 0 amide bonds. The first-order valence-corrected chi connectivity index (χ1v) is 7.38. The van der Waals surface area contributed by atoms with Gasteiger partial charge in [0.2, 0.25) is 0 Å². The van der Waals surface area contributed by atoms with E-state index in [2.05, 4.69) is 6.07 Å². The zero-order valence-electron chi connectivity index (χ0n) is 13.2. The van der Waals surface area contributed by atoms with Crippen molar-refractivity contribution in [1.82, 2.24) is 4.90 Å². The van der Waals surface area contributed by atoms with Crippen LogP contribution in [0.2, 0.25) is 0 Å². The number of rotatable bonds is 4. The first-order valence-electron chi connectivity index (χ1n) is 7.38. The Bertz CT molecular complexity index is 592. The van der Waals surface area contributed by atoms with E-state index in [1.165, 1.54) is 7.11 Å². The van der Waals surface area contributed by atoms with Crippen molar-refractivity contribution < 1.29 is 14.6 Å². The van der Waals surface area contributed by atoms with Crippen molar-refractivity contribution in [1.29, 1.82) is 5.26 Å². The average molecular weight is 302 g/mol. The van der Waals surface area contributed by atoms with Crippen LogP contribution in [0.25, 0.3) is 0 Å². The lowest BCUT2D eigenvalue weighted by molar-refractivity contribution is -0.146. The van der Waals surface area contributed by atoms with Crippen LogP contribution >= 0.6 is 0 Å². The van der Waals surface area contributed by atoms with Gasteiger partial charge in [-0.15, -0.1) is 0 Å². The number of likely N-dealkylation sites (tertiary alicyclic amines) is 1. The molecule has 22 heavy (non-hydrogen) atoms. The van der Waals surface area contributed by atoms with Crippen molar-refractivity contribution in [2.75, 3.05) is 13.7 Å². The number of β-amino-alcohol motifs (C(OH)–C–C–N with tert-alkyl or cyclic N) is 1. The van der Waals surface area contributed by atoms with E-state index in [0.29, 0.717) is 19.5 Å². The molecule has 5 heteroatoms. The van der Waals surface area contributed by atoms with Crippen LogP contribution in [0.3, 0.4) is 0 Å². The number of nitriles is 1. The van der Waals surface area contributed by atoms with Crippen LogP contribution in [-0.2, 0) is 21.5 Å². The van der Waals surface area contributed by atoms with E-state index in [1.807, 2.05) is 43.0 Å². The molecular weight excluding hydrogens is 280 g/mol. The minimum atomic E-state index is -0.601. The minimum absolute atomic E-state index is 0.325. The van der Waals surface area contributed by atoms with Gasteiger partial charge in [0.25, 0.3) is 0 Å². The molecule has 0 unspecified atom stereocenters. The van der Waals surface area contributed by atoms with Gasteiger partial charge in [-0.05, 0) is 25.0 Å². The standard InChI is InChI=1S/C17H22N2O3/c1-17(2,11-18)14-7-5-4-6-12(14)9-19-10-13(20)8-15(19)16(21)22-3/h4-7,13,15,20H,8-10H2,1-3H3/t13-,15-/m1/s1. The summed E-state index contributed by atoms with van der Waals surface area (Å²) < 4.78 is 4.83. The molecule has 2 rings (SSSR count). The molecule has 1 aliphatic heterocycles. The Hall–Kier alpha value is -1.90. The van der Waals surface area contributed by atoms with Gasteiger partial charge in [-0.1, -0.05) is 24.3 Å². The normalized spacial score (nSPS) is 22.3. The van der Waals surface area contributed by atoms with Gasteiger partial charge >= 0.3 is 5.97 Å². The fourth-order valence-corrected chi connectivity index (χ4v) is 2.98. The number of ether oxygens (including phenoxy) is 1. The fourth-order valence-electron chi connectivity index (χ4n) is 2.98. The highest BCUT2D eigenvalue weighted by molar-refractivity contribution is 5.76. The molecule has 5 nitrogen and oxygen atoms in total. The van der Waals surface area contributed by atoms with Crippen LogP contribution in [0, 0.1) is 11.3 Å². The van der Waals surface area contributed by atoms with E-state index in [4.69, 9.17) is 4.74 Å². The number of carbonyl (C=O) groups excluding carboxylic acids is 1. The van der Waals surface area contributed by atoms with Crippen molar-refractivity contribution >= 4 is 5.97 Å². The number of carbonyl (C=O) groups is 1. The number of nitrogens with zero attached hydrogens (tertiary/aromatic N) is 2. The van der Waals surface area contributed by atoms with Crippen LogP contribution < -0.4 is 0 Å². The van der Waals surface area contributed by atoms with Gasteiger partial charge in [-0.3, -0.25) is 9.69 Å². The Morgan fingerprint density at radius 2 is 2.18 bits per heavy atom. The maximum Gasteiger partial charge on any atom is 0.323 e. The highest BCUT2D eigenvalue weighted by Gasteiger charge is 2.37. The highest BCUT2D eigenvalue weighted by Crippen LogP contribution is 2.29. The number of aliphatic hydroxyl groups excluding tert-OH is 1. The number of hydrogen-bond acceptors (Lipinski definition) is 5. The zero-order valence-corrected chi connectivity index (χ0v) is 13.2. The molecule has 1 heterocycles. The molecule has 0 aliphatic carbocycles. The number of aliphatic hydroxyl groups is 1. The molecule has 118 valence electrons. The van der Waals surface area contributed by atoms with Crippen molar-refractivity contribution in [3.05, 3.63) is 35.4 Å². The van der Waals surface area contributed by atoms with Crippen LogP contribution in [0.4, 0.5) is 0 Å². The Morgan fingerprint density at radius 1 is 1.50 bits per heavy atom. The van der Waals surface area contributed by atoms with Crippen molar-refractivity contribution in [3.63, 3.8) is 0 Å². The second-order valence-corrected chi connectivity index (χ2v) is 6.25. The van der Waals surface area contributed by atoms with E-state index >= 15 is 0 Å². The summed E-state index contributed by atoms with van der Waals surface area (Å²) in [5.41, 5.74) is 1.34. The molecule has 1 saturated heterocycles. The molecule has 1 aromatic rings. The van der Waals surface area contributed by atoms with Crippen LogP contribution in [-0.4, -0.2) is 41.8 Å². The smallest absolute Gasteiger partial charge is 0.323 e. The third kappa shape index (κ3) is 3.29. The molecule has 1 fully saturated rings. The summed E-state index contributed by atoms with van der Waals surface area (Å²) in [6.45, 7) is 4.70. The second-order valence-electron chi connectivity index (χ2n) is 6.25. The molecule has 2 atom stereocenters. The average Bonchev–Trinajstić information content (AvgIpc) is 2.87. The molecule has 1 N–H and O–H groups in total. The van der Waals surface area contributed by atoms with Crippen molar-refractivity contribution in [3.8, 4) is 6.07 Å². The maximum atomic E-state index is 11.9. The molecular formula is C17H22N2O3. The Labute approximate surface area is 131 Å². The van der Waals surface area contributed by atoms with E-state index in [9.17, 15) is 15.2 Å². The Kier molecular flexibility index (Phi) is 4.84. The third-order valence-electron chi connectivity index (χ3n) is 4.20. The molecule has 0 saturated carbocycles. The van der Waals surface area contributed by atoms with Gasteiger partial charge in [0.15, 0.2) is 0 Å². The molecule has 1 aromatic carbocycles. The predicted octanol–water partition coefficient (Wildman–Crippen LogP) is 1.60. The molecule has 0 spiro atoms. The number of benzene rings is 1. The minimum Gasteiger partial charge on any atom is -0.468 e. The van der Waals surface area contributed by atoms with Crippen LogP contribution in [0.1, 0.15) is 31.4 Å². The number of esters is 1. The number of hydrogen-bond donors (Lipinski definition) is 1. The number of methoxy groups -OCH3 is 1.